The van der Waals surface area contributed by atoms with Gasteiger partial charge < -0.3 is 19.9 Å². The molecule has 24 heavy (non-hydrogen) atoms. The van der Waals surface area contributed by atoms with Gasteiger partial charge in [0.25, 0.3) is 0 Å². The van der Waals surface area contributed by atoms with Gasteiger partial charge in [-0.3, -0.25) is 9.59 Å². The quantitative estimate of drug-likeness (QED) is 0.687. The standard InChI is InChI=1S/C18H25N3O3/c1-14(22)21(11-8-18(23)19-9-12-24-2)10-7-15-13-20-17-6-4-3-5-16(15)17/h3-6,13,20H,7-12H2,1-2H3,(H,19,23). The van der Waals surface area contributed by atoms with Gasteiger partial charge in [0.15, 0.2) is 0 Å². The third-order valence-corrected chi connectivity index (χ3v) is 4.01. The minimum Gasteiger partial charge on any atom is -0.383 e. The van der Waals surface area contributed by atoms with Crippen molar-refractivity contribution in [3.05, 3.63) is 36.0 Å². The Balaban J connectivity index is 1.85. The van der Waals surface area contributed by atoms with E-state index in [0.29, 0.717) is 32.7 Å². The van der Waals surface area contributed by atoms with Crippen molar-refractivity contribution in [1.82, 2.24) is 15.2 Å². The van der Waals surface area contributed by atoms with Gasteiger partial charge in [-0.05, 0) is 18.1 Å². The lowest BCUT2D eigenvalue weighted by Gasteiger charge is -2.20. The number of fused-ring (bicyclic) bond motifs is 1. The van der Waals surface area contributed by atoms with Crippen molar-refractivity contribution in [2.24, 2.45) is 0 Å². The Morgan fingerprint density at radius 3 is 2.79 bits per heavy atom. The Hall–Kier alpha value is -2.34. The van der Waals surface area contributed by atoms with Crippen LogP contribution in [0.1, 0.15) is 18.9 Å². The molecule has 1 heterocycles. The molecular weight excluding hydrogens is 306 g/mol. The minimum absolute atomic E-state index is 0.0143. The molecule has 6 heteroatoms. The van der Waals surface area contributed by atoms with Crippen molar-refractivity contribution < 1.29 is 14.3 Å². The van der Waals surface area contributed by atoms with E-state index >= 15 is 0 Å². The third kappa shape index (κ3) is 5.09. The van der Waals surface area contributed by atoms with Crippen molar-refractivity contribution in [3.63, 3.8) is 0 Å². The zero-order chi connectivity index (χ0) is 17.4. The highest BCUT2D eigenvalue weighted by Crippen LogP contribution is 2.18. The second kappa shape index (κ2) is 9.08. The average molecular weight is 331 g/mol. The van der Waals surface area contributed by atoms with Crippen LogP contribution in [0.2, 0.25) is 0 Å². The van der Waals surface area contributed by atoms with Gasteiger partial charge in [0, 0.05) is 57.2 Å². The van der Waals surface area contributed by atoms with Crippen LogP contribution in [0.3, 0.4) is 0 Å². The number of ether oxygens (including phenoxy) is 1. The summed E-state index contributed by atoms with van der Waals surface area (Å²) in [6.45, 7) is 3.55. The Kier molecular flexibility index (Phi) is 6.81. The first-order valence-corrected chi connectivity index (χ1v) is 8.18. The zero-order valence-corrected chi connectivity index (χ0v) is 14.3. The summed E-state index contributed by atoms with van der Waals surface area (Å²) in [5.41, 5.74) is 2.28. The smallest absolute Gasteiger partial charge is 0.221 e. The second-order valence-corrected chi connectivity index (χ2v) is 5.71. The molecule has 2 aromatic rings. The molecule has 2 amide bonds. The van der Waals surface area contributed by atoms with Crippen LogP contribution in [0.4, 0.5) is 0 Å². The molecule has 1 aromatic heterocycles. The lowest BCUT2D eigenvalue weighted by atomic mass is 10.1. The molecule has 6 nitrogen and oxygen atoms in total. The van der Waals surface area contributed by atoms with E-state index in [9.17, 15) is 9.59 Å². The number of para-hydroxylation sites is 1. The summed E-state index contributed by atoms with van der Waals surface area (Å²) >= 11 is 0. The predicted octanol–water partition coefficient (Wildman–Crippen LogP) is 1.71. The number of nitrogens with zero attached hydrogens (tertiary/aromatic N) is 1. The SMILES string of the molecule is COCCNC(=O)CCN(CCc1c[nH]c2ccccc12)C(C)=O. The van der Waals surface area contributed by atoms with Gasteiger partial charge in [0.2, 0.25) is 11.8 Å². The fourth-order valence-corrected chi connectivity index (χ4v) is 2.64. The van der Waals surface area contributed by atoms with E-state index in [1.165, 1.54) is 17.9 Å². The maximum atomic E-state index is 11.8. The molecule has 0 bridgehead atoms. The Morgan fingerprint density at radius 1 is 1.25 bits per heavy atom. The lowest BCUT2D eigenvalue weighted by Crippen LogP contribution is -2.35. The van der Waals surface area contributed by atoms with Gasteiger partial charge in [0.05, 0.1) is 6.61 Å². The Labute approximate surface area is 142 Å². The molecule has 0 radical (unpaired) electrons. The number of aromatic nitrogens is 1. The van der Waals surface area contributed by atoms with Crippen LogP contribution in [-0.4, -0.2) is 55.0 Å². The Morgan fingerprint density at radius 2 is 2.04 bits per heavy atom. The number of amides is 2. The van der Waals surface area contributed by atoms with E-state index in [4.69, 9.17) is 4.74 Å². The van der Waals surface area contributed by atoms with Crippen molar-refractivity contribution in [3.8, 4) is 0 Å². The number of nitrogens with one attached hydrogen (secondary N) is 2. The third-order valence-electron chi connectivity index (χ3n) is 4.01. The molecule has 0 aliphatic carbocycles. The van der Waals surface area contributed by atoms with Crippen LogP contribution in [-0.2, 0) is 20.7 Å². The first-order chi connectivity index (χ1) is 11.6. The minimum atomic E-state index is -0.0644. The predicted molar refractivity (Wildman–Crippen MR) is 93.8 cm³/mol. The number of benzene rings is 1. The first kappa shape index (κ1) is 18.0. The molecule has 2 rings (SSSR count). The second-order valence-electron chi connectivity index (χ2n) is 5.71. The summed E-state index contributed by atoms with van der Waals surface area (Å²) in [4.78, 5) is 28.5. The first-order valence-electron chi connectivity index (χ1n) is 8.18. The molecule has 0 aliphatic heterocycles. The van der Waals surface area contributed by atoms with Gasteiger partial charge in [-0.15, -0.1) is 0 Å². The fourth-order valence-electron chi connectivity index (χ4n) is 2.64. The molecule has 1 aromatic carbocycles. The summed E-state index contributed by atoms with van der Waals surface area (Å²) in [5.74, 6) is -0.0788. The topological polar surface area (TPSA) is 74.4 Å². The molecule has 130 valence electrons. The number of rotatable bonds is 9. The summed E-state index contributed by atoms with van der Waals surface area (Å²) in [7, 11) is 1.59. The molecule has 0 saturated heterocycles. The Bertz CT molecular complexity index is 681. The summed E-state index contributed by atoms with van der Waals surface area (Å²) in [6.07, 6.45) is 3.05. The van der Waals surface area contributed by atoms with Crippen molar-refractivity contribution in [1.29, 1.82) is 0 Å². The van der Waals surface area contributed by atoms with Gasteiger partial charge in [0.1, 0.15) is 0 Å². The van der Waals surface area contributed by atoms with E-state index < -0.39 is 0 Å². The lowest BCUT2D eigenvalue weighted by molar-refractivity contribution is -0.129. The van der Waals surface area contributed by atoms with E-state index in [1.54, 1.807) is 12.0 Å². The highest BCUT2D eigenvalue weighted by Gasteiger charge is 2.12. The number of hydrogen-bond donors (Lipinski definition) is 2. The number of carbonyl (C=O) groups excluding carboxylic acids is 2. The van der Waals surface area contributed by atoms with Crippen LogP contribution < -0.4 is 5.32 Å². The normalized spacial score (nSPS) is 10.8. The molecule has 0 unspecified atom stereocenters. The fraction of sp³-hybridized carbons (Fsp3) is 0.444. The summed E-state index contributed by atoms with van der Waals surface area (Å²) in [6, 6.07) is 8.11. The monoisotopic (exact) mass is 331 g/mol. The van der Waals surface area contributed by atoms with Crippen LogP contribution in [0.15, 0.2) is 30.5 Å². The number of aromatic amines is 1. The van der Waals surface area contributed by atoms with Gasteiger partial charge >= 0.3 is 0 Å². The van der Waals surface area contributed by atoms with Crippen LogP contribution >= 0.6 is 0 Å². The molecule has 2 N–H and O–H groups in total. The van der Waals surface area contributed by atoms with Gasteiger partial charge in [-0.25, -0.2) is 0 Å². The van der Waals surface area contributed by atoms with Crippen molar-refractivity contribution >= 4 is 22.7 Å². The zero-order valence-electron chi connectivity index (χ0n) is 14.3. The molecule has 0 aliphatic rings. The van der Waals surface area contributed by atoms with E-state index in [1.807, 2.05) is 24.4 Å². The van der Waals surface area contributed by atoms with Crippen LogP contribution in [0.25, 0.3) is 10.9 Å². The highest BCUT2D eigenvalue weighted by molar-refractivity contribution is 5.83. The largest absolute Gasteiger partial charge is 0.383 e. The van der Waals surface area contributed by atoms with E-state index in [-0.39, 0.29) is 11.8 Å². The molecule has 0 saturated carbocycles. The van der Waals surface area contributed by atoms with E-state index in [2.05, 4.69) is 16.4 Å². The number of hydrogen-bond acceptors (Lipinski definition) is 3. The van der Waals surface area contributed by atoms with Gasteiger partial charge in [-0.2, -0.15) is 0 Å². The van der Waals surface area contributed by atoms with Gasteiger partial charge in [-0.1, -0.05) is 18.2 Å². The van der Waals surface area contributed by atoms with Crippen LogP contribution in [0.5, 0.6) is 0 Å². The highest BCUT2D eigenvalue weighted by atomic mass is 16.5. The van der Waals surface area contributed by atoms with E-state index in [0.717, 1.165) is 11.9 Å². The van der Waals surface area contributed by atoms with Crippen molar-refractivity contribution in [2.45, 2.75) is 19.8 Å². The number of H-pyrrole nitrogens is 1. The molecule has 0 fully saturated rings. The van der Waals surface area contributed by atoms with Crippen LogP contribution in [0, 0.1) is 0 Å². The summed E-state index contributed by atoms with van der Waals surface area (Å²) in [5, 5.41) is 3.94. The summed E-state index contributed by atoms with van der Waals surface area (Å²) < 4.78 is 4.89. The average Bonchev–Trinajstić information content (AvgIpc) is 2.98. The van der Waals surface area contributed by atoms with Crippen molar-refractivity contribution in [2.75, 3.05) is 33.4 Å². The molecule has 0 atom stereocenters. The number of carbonyl (C=O) groups is 2. The maximum absolute atomic E-state index is 11.8. The maximum Gasteiger partial charge on any atom is 0.221 e. The molecule has 0 spiro atoms. The molecular formula is C18H25N3O3. The number of methoxy groups -OCH3 is 1.